The highest BCUT2D eigenvalue weighted by Gasteiger charge is 2.30. The second-order valence-corrected chi connectivity index (χ2v) is 9.00. The Hall–Kier alpha value is -3.49. The van der Waals surface area contributed by atoms with Gasteiger partial charge in [-0.15, -0.1) is 0 Å². The molecule has 1 saturated carbocycles. The van der Waals surface area contributed by atoms with Gasteiger partial charge in [-0.3, -0.25) is 14.7 Å². The Labute approximate surface area is 195 Å². The first-order valence-electron chi connectivity index (χ1n) is 11.7. The number of ketones is 1. The minimum Gasteiger partial charge on any atom is -0.368 e. The van der Waals surface area contributed by atoms with E-state index in [1.54, 1.807) is 0 Å². The molecule has 0 spiro atoms. The molecule has 166 valence electrons. The van der Waals surface area contributed by atoms with Crippen molar-refractivity contribution in [3.05, 3.63) is 95.3 Å². The van der Waals surface area contributed by atoms with Crippen molar-refractivity contribution in [2.45, 2.75) is 25.3 Å². The summed E-state index contributed by atoms with van der Waals surface area (Å²) in [7, 11) is 0. The maximum atomic E-state index is 12.2. The first-order valence-corrected chi connectivity index (χ1v) is 11.7. The van der Waals surface area contributed by atoms with Gasteiger partial charge in [0.1, 0.15) is 11.9 Å². The van der Waals surface area contributed by atoms with Crippen LogP contribution >= 0.6 is 0 Å². The first kappa shape index (κ1) is 21.4. The number of piperazine rings is 1. The molecule has 0 bridgehead atoms. The van der Waals surface area contributed by atoms with E-state index < -0.39 is 0 Å². The van der Waals surface area contributed by atoms with Gasteiger partial charge in [0.15, 0.2) is 0 Å². The minimum absolute atomic E-state index is 0.160. The van der Waals surface area contributed by atoms with Gasteiger partial charge in [0.05, 0.1) is 17.3 Å². The van der Waals surface area contributed by atoms with Gasteiger partial charge >= 0.3 is 0 Å². The summed E-state index contributed by atoms with van der Waals surface area (Å²) in [5, 5.41) is 9.79. The second-order valence-electron chi connectivity index (χ2n) is 9.00. The third kappa shape index (κ3) is 4.81. The Balaban J connectivity index is 1.31. The van der Waals surface area contributed by atoms with Gasteiger partial charge in [0, 0.05) is 50.9 Å². The topological polar surface area (TPSA) is 60.2 Å². The minimum atomic E-state index is 0.160. The van der Waals surface area contributed by atoms with Gasteiger partial charge in [-0.2, -0.15) is 5.26 Å². The van der Waals surface area contributed by atoms with Gasteiger partial charge in [-0.1, -0.05) is 42.5 Å². The Morgan fingerprint density at radius 1 is 1.00 bits per heavy atom. The third-order valence-corrected chi connectivity index (χ3v) is 6.73. The molecule has 5 heteroatoms. The number of aromatic nitrogens is 1. The van der Waals surface area contributed by atoms with Gasteiger partial charge in [-0.05, 0) is 47.7 Å². The van der Waals surface area contributed by atoms with E-state index >= 15 is 0 Å². The summed E-state index contributed by atoms with van der Waals surface area (Å²) >= 11 is 0. The number of carbonyl (C=O) groups excluding carboxylic acids is 1. The number of anilines is 1. The van der Waals surface area contributed by atoms with E-state index in [1.807, 2.05) is 42.7 Å². The van der Waals surface area contributed by atoms with Crippen LogP contribution in [0.3, 0.4) is 0 Å². The molecule has 0 N–H and O–H groups in total. The van der Waals surface area contributed by atoms with Gasteiger partial charge < -0.3 is 4.90 Å². The number of Topliss-reactive ketones (excluding diaryl/α,β-unsaturated/α-hetero) is 1. The van der Waals surface area contributed by atoms with Crippen LogP contribution in [-0.2, 0) is 11.2 Å². The standard InChI is InChI=1S/C28H28N4O/c29-19-25-17-21(18-27(33)22-9-10-22)8-11-26(25)31-13-15-32(16-14-31)28(23-5-2-1-3-6-23)24-7-4-12-30-20-24/h1-8,11-12,17,20,22,28H,9-10,13-16,18H2. The average molecular weight is 437 g/mol. The number of pyridine rings is 1. The van der Waals surface area contributed by atoms with Crippen molar-refractivity contribution in [3.8, 4) is 6.07 Å². The fourth-order valence-corrected chi connectivity index (χ4v) is 4.82. The highest BCUT2D eigenvalue weighted by atomic mass is 16.1. The smallest absolute Gasteiger partial charge is 0.140 e. The zero-order valence-corrected chi connectivity index (χ0v) is 18.7. The van der Waals surface area contributed by atoms with E-state index in [-0.39, 0.29) is 12.0 Å². The lowest BCUT2D eigenvalue weighted by Crippen LogP contribution is -2.48. The molecular weight excluding hydrogens is 408 g/mol. The molecule has 1 unspecified atom stereocenters. The molecule has 1 aliphatic heterocycles. The number of hydrogen-bond donors (Lipinski definition) is 0. The van der Waals surface area contributed by atoms with Crippen LogP contribution in [0.25, 0.3) is 0 Å². The maximum absolute atomic E-state index is 12.2. The lowest BCUT2D eigenvalue weighted by Gasteiger charge is -2.40. The van der Waals surface area contributed by atoms with Crippen molar-refractivity contribution in [2.75, 3.05) is 31.1 Å². The van der Waals surface area contributed by atoms with Gasteiger partial charge in [0.25, 0.3) is 0 Å². The Morgan fingerprint density at radius 2 is 1.76 bits per heavy atom. The third-order valence-electron chi connectivity index (χ3n) is 6.73. The van der Waals surface area contributed by atoms with Crippen LogP contribution in [0.1, 0.15) is 41.1 Å². The summed E-state index contributed by atoms with van der Waals surface area (Å²) in [6.07, 6.45) is 6.26. The molecule has 1 saturated heterocycles. The molecule has 33 heavy (non-hydrogen) atoms. The lowest BCUT2D eigenvalue weighted by molar-refractivity contribution is -0.119. The molecule has 0 amide bonds. The predicted octanol–water partition coefficient (Wildman–Crippen LogP) is 4.39. The highest BCUT2D eigenvalue weighted by molar-refractivity contribution is 5.85. The summed E-state index contributed by atoms with van der Waals surface area (Å²) < 4.78 is 0. The number of carbonyl (C=O) groups is 1. The molecule has 5 nitrogen and oxygen atoms in total. The number of nitriles is 1. The van der Waals surface area contributed by atoms with Gasteiger partial charge in [-0.25, -0.2) is 0 Å². The van der Waals surface area contributed by atoms with Crippen LogP contribution in [0, 0.1) is 17.2 Å². The molecule has 1 aromatic heterocycles. The maximum Gasteiger partial charge on any atom is 0.140 e. The van der Waals surface area contributed by atoms with Crippen molar-refractivity contribution in [2.24, 2.45) is 5.92 Å². The molecular formula is C28H28N4O. The van der Waals surface area contributed by atoms with Crippen LogP contribution in [0.5, 0.6) is 0 Å². The van der Waals surface area contributed by atoms with Crippen molar-refractivity contribution in [1.82, 2.24) is 9.88 Å². The second kappa shape index (κ2) is 9.56. The van der Waals surface area contributed by atoms with Crippen molar-refractivity contribution in [3.63, 3.8) is 0 Å². The van der Waals surface area contributed by atoms with E-state index in [2.05, 4.69) is 51.2 Å². The van der Waals surface area contributed by atoms with E-state index in [1.165, 1.54) is 11.1 Å². The lowest BCUT2D eigenvalue weighted by atomic mass is 9.97. The fraction of sp³-hybridized carbons (Fsp3) is 0.321. The fourth-order valence-electron chi connectivity index (χ4n) is 4.82. The van der Waals surface area contributed by atoms with Crippen LogP contribution in [0.4, 0.5) is 5.69 Å². The SMILES string of the molecule is N#Cc1cc(CC(=O)C2CC2)ccc1N1CCN(C(c2ccccc2)c2cccnc2)CC1. The van der Waals surface area contributed by atoms with Crippen LogP contribution in [-0.4, -0.2) is 41.8 Å². The number of hydrogen-bond acceptors (Lipinski definition) is 5. The van der Waals surface area contributed by atoms with Crippen LogP contribution < -0.4 is 4.90 Å². The molecule has 2 aliphatic rings. The van der Waals surface area contributed by atoms with Crippen molar-refractivity contribution >= 4 is 11.5 Å². The Bertz CT molecular complexity index is 1100. The normalized spacial score (nSPS) is 17.4. The van der Waals surface area contributed by atoms with E-state index in [0.29, 0.717) is 17.8 Å². The largest absolute Gasteiger partial charge is 0.368 e. The molecule has 5 rings (SSSR count). The van der Waals surface area contributed by atoms with E-state index in [9.17, 15) is 10.1 Å². The van der Waals surface area contributed by atoms with Crippen molar-refractivity contribution in [1.29, 1.82) is 5.26 Å². The average Bonchev–Trinajstić information content (AvgIpc) is 3.72. The summed E-state index contributed by atoms with van der Waals surface area (Å²) in [5.74, 6) is 0.559. The molecule has 2 aromatic carbocycles. The number of rotatable bonds is 7. The monoisotopic (exact) mass is 436 g/mol. The van der Waals surface area contributed by atoms with Crippen molar-refractivity contribution < 1.29 is 4.79 Å². The predicted molar refractivity (Wildman–Crippen MR) is 129 cm³/mol. The summed E-state index contributed by atoms with van der Waals surface area (Å²) in [6.45, 7) is 3.47. The number of benzene rings is 2. The highest BCUT2D eigenvalue weighted by Crippen LogP contribution is 2.33. The molecule has 2 fully saturated rings. The Morgan fingerprint density at radius 3 is 2.42 bits per heavy atom. The summed E-state index contributed by atoms with van der Waals surface area (Å²) in [4.78, 5) is 21.3. The first-order chi connectivity index (χ1) is 16.2. The van der Waals surface area contributed by atoms with Crippen LogP contribution in [0.2, 0.25) is 0 Å². The Kier molecular flexibility index (Phi) is 6.19. The van der Waals surface area contributed by atoms with E-state index in [0.717, 1.165) is 50.3 Å². The molecule has 1 atom stereocenters. The molecule has 2 heterocycles. The van der Waals surface area contributed by atoms with E-state index in [4.69, 9.17) is 0 Å². The molecule has 1 aliphatic carbocycles. The van der Waals surface area contributed by atoms with Gasteiger partial charge in [0.2, 0.25) is 0 Å². The zero-order chi connectivity index (χ0) is 22.6. The quantitative estimate of drug-likeness (QED) is 0.550. The number of nitrogens with zero attached hydrogens (tertiary/aromatic N) is 4. The molecule has 0 radical (unpaired) electrons. The zero-order valence-electron chi connectivity index (χ0n) is 18.7. The van der Waals surface area contributed by atoms with Crippen LogP contribution in [0.15, 0.2) is 73.1 Å². The summed E-state index contributed by atoms with van der Waals surface area (Å²) in [6, 6.07) is 23.2. The summed E-state index contributed by atoms with van der Waals surface area (Å²) in [5.41, 5.74) is 5.04. The molecule has 3 aromatic rings.